The fourth-order valence-corrected chi connectivity index (χ4v) is 4.84. The van der Waals surface area contributed by atoms with Crippen LogP contribution in [0.25, 0.3) is 0 Å². The van der Waals surface area contributed by atoms with Crippen LogP contribution in [0.5, 0.6) is 0 Å². The molecule has 0 fully saturated rings. The highest BCUT2D eigenvalue weighted by Gasteiger charge is 2.44. The minimum absolute atomic E-state index is 0.135. The Balaban J connectivity index is 2.71. The number of thioether (sulfide) groups is 1. The molecule has 0 spiro atoms. The van der Waals surface area contributed by atoms with Gasteiger partial charge in [0, 0.05) is 16.8 Å². The molecule has 2 rings (SSSR count). The van der Waals surface area contributed by atoms with Crippen LogP contribution in [0, 0.1) is 12.8 Å². The molecule has 0 saturated carbocycles. The Labute approximate surface area is 122 Å². The molecule has 1 aromatic heterocycles. The summed E-state index contributed by atoms with van der Waals surface area (Å²) in [5.74, 6) is 0.0749. The predicted molar refractivity (Wildman–Crippen MR) is 81.2 cm³/mol. The minimum atomic E-state index is -0.160. The molecular formula is C14H19NO2S2. The molecule has 0 saturated heterocycles. The molecule has 5 heteroatoms. The summed E-state index contributed by atoms with van der Waals surface area (Å²) in [6, 6.07) is 0. The number of hydrogen-bond acceptors (Lipinski definition) is 4. The van der Waals surface area contributed by atoms with Gasteiger partial charge < -0.3 is 0 Å². The molecule has 2 amide bonds. The molecule has 2 heterocycles. The molecule has 1 aliphatic heterocycles. The van der Waals surface area contributed by atoms with Crippen LogP contribution in [0.1, 0.15) is 51.2 Å². The molecular weight excluding hydrogens is 278 g/mol. The Morgan fingerprint density at radius 2 is 1.74 bits per heavy atom. The van der Waals surface area contributed by atoms with E-state index in [-0.39, 0.29) is 16.6 Å². The number of carbonyl (C=O) groups excluding carboxylic acids is 2. The lowest BCUT2D eigenvalue weighted by Gasteiger charge is -2.31. The fraction of sp³-hybridized carbons (Fsp3) is 0.571. The number of thiophene rings is 1. The van der Waals surface area contributed by atoms with Crippen molar-refractivity contribution in [2.45, 2.75) is 32.4 Å². The lowest BCUT2D eigenvalue weighted by atomic mass is 9.92. The van der Waals surface area contributed by atoms with Crippen LogP contribution in [0.4, 0.5) is 0 Å². The average Bonchev–Trinajstić information content (AvgIpc) is 2.82. The van der Waals surface area contributed by atoms with Crippen LogP contribution in [0.3, 0.4) is 0 Å². The summed E-state index contributed by atoms with van der Waals surface area (Å²) in [5.41, 5.74) is 1.26. The van der Waals surface area contributed by atoms with Crippen molar-refractivity contribution in [2.75, 3.05) is 13.3 Å². The Bertz CT molecular complexity index is 562. The van der Waals surface area contributed by atoms with Crippen LogP contribution < -0.4 is 0 Å². The molecule has 104 valence electrons. The number of hydrogen-bond donors (Lipinski definition) is 0. The van der Waals surface area contributed by atoms with Gasteiger partial charge in [0.05, 0.1) is 15.9 Å². The number of imide groups is 1. The van der Waals surface area contributed by atoms with Crippen molar-refractivity contribution in [3.8, 4) is 0 Å². The third kappa shape index (κ3) is 1.86. The van der Waals surface area contributed by atoms with Crippen molar-refractivity contribution in [1.82, 2.24) is 4.90 Å². The Morgan fingerprint density at radius 3 is 2.21 bits per heavy atom. The number of fused-ring (bicyclic) bond motifs is 1. The Hall–Kier alpha value is -0.810. The second-order valence-electron chi connectivity index (χ2n) is 5.37. The molecule has 1 aliphatic rings. The summed E-state index contributed by atoms with van der Waals surface area (Å²) >= 11 is 3.34. The van der Waals surface area contributed by atoms with E-state index in [0.29, 0.717) is 17.0 Å². The van der Waals surface area contributed by atoms with Crippen LogP contribution in [-0.4, -0.2) is 30.0 Å². The van der Waals surface area contributed by atoms with Crippen LogP contribution in [0.2, 0.25) is 0 Å². The van der Waals surface area contributed by atoms with Gasteiger partial charge in [0.15, 0.2) is 0 Å². The van der Waals surface area contributed by atoms with E-state index >= 15 is 0 Å². The zero-order valence-electron chi connectivity index (χ0n) is 12.2. The lowest BCUT2D eigenvalue weighted by Crippen LogP contribution is -2.28. The molecule has 0 unspecified atom stereocenters. The van der Waals surface area contributed by atoms with Crippen molar-refractivity contribution in [1.29, 1.82) is 0 Å². The topological polar surface area (TPSA) is 37.4 Å². The van der Waals surface area contributed by atoms with Crippen molar-refractivity contribution in [3.05, 3.63) is 20.9 Å². The molecule has 0 radical (unpaired) electrons. The van der Waals surface area contributed by atoms with E-state index in [2.05, 4.69) is 27.0 Å². The number of rotatable bonds is 3. The normalized spacial score (nSPS) is 18.2. The SMILES string of the molecule is CS[C@@](C)(c1sc(C)c2c1C(=O)N(C)C2=O)C(C)C. The van der Waals surface area contributed by atoms with E-state index in [1.54, 1.807) is 30.1 Å². The molecule has 0 N–H and O–H groups in total. The molecule has 19 heavy (non-hydrogen) atoms. The maximum Gasteiger partial charge on any atom is 0.262 e. The van der Waals surface area contributed by atoms with E-state index in [0.717, 1.165) is 9.75 Å². The van der Waals surface area contributed by atoms with E-state index in [9.17, 15) is 9.59 Å². The van der Waals surface area contributed by atoms with Gasteiger partial charge in [-0.2, -0.15) is 11.8 Å². The third-order valence-corrected chi connectivity index (χ3v) is 7.09. The highest BCUT2D eigenvalue weighted by Crippen LogP contribution is 2.49. The molecule has 1 aromatic rings. The first kappa shape index (κ1) is 14.6. The largest absolute Gasteiger partial charge is 0.277 e. The predicted octanol–water partition coefficient (Wildman–Crippen LogP) is 3.52. The number of nitrogens with zero attached hydrogens (tertiary/aromatic N) is 1. The highest BCUT2D eigenvalue weighted by atomic mass is 32.2. The Kier molecular flexibility index (Phi) is 3.56. The second kappa shape index (κ2) is 4.63. The minimum Gasteiger partial charge on any atom is -0.277 e. The van der Waals surface area contributed by atoms with Gasteiger partial charge in [0.1, 0.15) is 0 Å². The van der Waals surface area contributed by atoms with E-state index in [1.807, 2.05) is 6.92 Å². The molecule has 0 aromatic carbocycles. The first-order valence-electron chi connectivity index (χ1n) is 6.27. The van der Waals surface area contributed by atoms with Gasteiger partial charge in [-0.05, 0) is 26.0 Å². The summed E-state index contributed by atoms with van der Waals surface area (Å²) in [7, 11) is 1.56. The van der Waals surface area contributed by atoms with Crippen molar-refractivity contribution in [3.63, 3.8) is 0 Å². The molecule has 3 nitrogen and oxygen atoms in total. The van der Waals surface area contributed by atoms with Gasteiger partial charge in [-0.15, -0.1) is 11.3 Å². The standard InChI is InChI=1S/C14H19NO2S2/c1-7(2)14(4,18-6)11-10-9(8(3)19-11)12(16)15(5)13(10)17/h7H,1-6H3/t14-/m1/s1. The van der Waals surface area contributed by atoms with Gasteiger partial charge in [0.25, 0.3) is 11.8 Å². The maximum atomic E-state index is 12.3. The molecule has 0 aliphatic carbocycles. The van der Waals surface area contributed by atoms with E-state index in [1.165, 1.54) is 4.90 Å². The van der Waals surface area contributed by atoms with Crippen molar-refractivity contribution < 1.29 is 9.59 Å². The number of aryl methyl sites for hydroxylation is 1. The second-order valence-corrected chi connectivity index (χ2v) is 7.85. The number of carbonyl (C=O) groups is 2. The third-order valence-electron chi connectivity index (χ3n) is 4.10. The molecule has 0 bridgehead atoms. The monoisotopic (exact) mass is 297 g/mol. The maximum absolute atomic E-state index is 12.3. The van der Waals surface area contributed by atoms with Gasteiger partial charge in [-0.1, -0.05) is 13.8 Å². The van der Waals surface area contributed by atoms with Gasteiger partial charge >= 0.3 is 0 Å². The summed E-state index contributed by atoms with van der Waals surface area (Å²) in [4.78, 5) is 27.7. The van der Waals surface area contributed by atoms with Crippen LogP contribution in [0.15, 0.2) is 0 Å². The van der Waals surface area contributed by atoms with Crippen LogP contribution in [-0.2, 0) is 4.75 Å². The van der Waals surface area contributed by atoms with Crippen LogP contribution >= 0.6 is 23.1 Å². The van der Waals surface area contributed by atoms with E-state index in [4.69, 9.17) is 0 Å². The lowest BCUT2D eigenvalue weighted by molar-refractivity contribution is 0.0692. The quantitative estimate of drug-likeness (QED) is 0.801. The molecule has 1 atom stereocenters. The fourth-order valence-electron chi connectivity index (χ4n) is 2.37. The zero-order valence-corrected chi connectivity index (χ0v) is 13.8. The summed E-state index contributed by atoms with van der Waals surface area (Å²) in [5, 5.41) is 0. The Morgan fingerprint density at radius 1 is 1.21 bits per heavy atom. The zero-order chi connectivity index (χ0) is 14.5. The average molecular weight is 297 g/mol. The first-order valence-corrected chi connectivity index (χ1v) is 8.31. The summed E-state index contributed by atoms with van der Waals surface area (Å²) in [6.45, 7) is 8.40. The van der Waals surface area contributed by atoms with Gasteiger partial charge in [0.2, 0.25) is 0 Å². The van der Waals surface area contributed by atoms with Crippen molar-refractivity contribution in [2.24, 2.45) is 5.92 Å². The number of amides is 2. The first-order chi connectivity index (χ1) is 8.75. The van der Waals surface area contributed by atoms with Gasteiger partial charge in [-0.3, -0.25) is 14.5 Å². The smallest absolute Gasteiger partial charge is 0.262 e. The summed E-state index contributed by atoms with van der Waals surface area (Å²) < 4.78 is -0.135. The van der Waals surface area contributed by atoms with E-state index < -0.39 is 0 Å². The van der Waals surface area contributed by atoms with Gasteiger partial charge in [-0.25, -0.2) is 0 Å². The highest BCUT2D eigenvalue weighted by molar-refractivity contribution is 7.99. The van der Waals surface area contributed by atoms with Crippen molar-refractivity contribution >= 4 is 34.9 Å². The summed E-state index contributed by atoms with van der Waals surface area (Å²) in [6.07, 6.45) is 2.06.